The highest BCUT2D eigenvalue weighted by molar-refractivity contribution is 6.18. The lowest BCUT2D eigenvalue weighted by molar-refractivity contribution is 0.114. The number of alkyl halides is 1. The largest absolute Gasteiger partial charge is 0.381 e. The van der Waals surface area contributed by atoms with Crippen LogP contribution in [0.4, 0.5) is 0 Å². The van der Waals surface area contributed by atoms with Gasteiger partial charge in [-0.05, 0) is 24.7 Å². The van der Waals surface area contributed by atoms with Crippen LogP contribution in [0.1, 0.15) is 33.6 Å². The van der Waals surface area contributed by atoms with Gasteiger partial charge in [0.15, 0.2) is 0 Å². The molecular weight excluding hydrogens is 172 g/mol. The summed E-state index contributed by atoms with van der Waals surface area (Å²) in [7, 11) is 0. The molecule has 12 heavy (non-hydrogen) atoms. The van der Waals surface area contributed by atoms with Crippen LogP contribution in [-0.4, -0.2) is 19.1 Å². The molecule has 0 aliphatic rings. The molecule has 0 aliphatic carbocycles. The second-order valence-corrected chi connectivity index (χ2v) is 4.15. The molecule has 0 amide bonds. The Morgan fingerprint density at radius 1 is 1.08 bits per heavy atom. The average molecular weight is 193 g/mol. The Morgan fingerprint density at radius 2 is 1.67 bits per heavy atom. The zero-order chi connectivity index (χ0) is 9.40. The minimum Gasteiger partial charge on any atom is -0.381 e. The van der Waals surface area contributed by atoms with Gasteiger partial charge in [-0.2, -0.15) is 0 Å². The van der Waals surface area contributed by atoms with Gasteiger partial charge in [0.25, 0.3) is 0 Å². The number of ether oxygens (including phenoxy) is 1. The average Bonchev–Trinajstić information content (AvgIpc) is 2.03. The van der Waals surface area contributed by atoms with Crippen molar-refractivity contribution in [3.05, 3.63) is 0 Å². The van der Waals surface area contributed by atoms with Crippen molar-refractivity contribution in [3.63, 3.8) is 0 Å². The molecule has 0 fully saturated rings. The number of rotatable bonds is 7. The van der Waals surface area contributed by atoms with Crippen molar-refractivity contribution in [3.8, 4) is 0 Å². The Morgan fingerprint density at radius 3 is 2.17 bits per heavy atom. The van der Waals surface area contributed by atoms with Gasteiger partial charge in [0, 0.05) is 19.1 Å². The minimum atomic E-state index is 0.589. The van der Waals surface area contributed by atoms with Crippen LogP contribution in [0.25, 0.3) is 0 Å². The van der Waals surface area contributed by atoms with E-state index in [-0.39, 0.29) is 0 Å². The lowest BCUT2D eigenvalue weighted by Crippen LogP contribution is -2.05. The summed E-state index contributed by atoms with van der Waals surface area (Å²) in [6, 6.07) is 0. The molecule has 0 aromatic rings. The van der Waals surface area contributed by atoms with Crippen LogP contribution in [0.2, 0.25) is 0 Å². The van der Waals surface area contributed by atoms with Crippen LogP contribution in [0.15, 0.2) is 0 Å². The molecule has 0 saturated carbocycles. The quantitative estimate of drug-likeness (QED) is 0.444. The van der Waals surface area contributed by atoms with Crippen LogP contribution in [-0.2, 0) is 4.74 Å². The molecule has 0 heterocycles. The molecule has 0 aliphatic heterocycles. The predicted octanol–water partition coefficient (Wildman–Crippen LogP) is 3.31. The van der Waals surface area contributed by atoms with Gasteiger partial charge in [-0.1, -0.05) is 20.8 Å². The Labute approximate surface area is 81.4 Å². The first-order chi connectivity index (χ1) is 5.66. The third-order valence-corrected chi connectivity index (χ3v) is 2.38. The number of hydrogen-bond donors (Lipinski definition) is 0. The topological polar surface area (TPSA) is 9.23 Å². The summed E-state index contributed by atoms with van der Waals surface area (Å²) in [4.78, 5) is 0. The summed E-state index contributed by atoms with van der Waals surface area (Å²) in [5.74, 6) is 2.08. The fourth-order valence-corrected chi connectivity index (χ4v) is 0.937. The molecule has 74 valence electrons. The van der Waals surface area contributed by atoms with Crippen LogP contribution >= 0.6 is 11.6 Å². The molecule has 0 N–H and O–H groups in total. The second-order valence-electron chi connectivity index (χ2n) is 3.84. The maximum absolute atomic E-state index is 5.66. The van der Waals surface area contributed by atoms with E-state index < -0.39 is 0 Å². The van der Waals surface area contributed by atoms with Crippen molar-refractivity contribution in [2.45, 2.75) is 33.6 Å². The predicted molar refractivity (Wildman–Crippen MR) is 54.8 cm³/mol. The molecule has 0 bridgehead atoms. The first-order valence-electron chi connectivity index (χ1n) is 4.80. The Hall–Kier alpha value is 0.250. The number of halogens is 1. The fraction of sp³-hybridized carbons (Fsp3) is 1.00. The molecule has 0 aromatic carbocycles. The van der Waals surface area contributed by atoms with Crippen molar-refractivity contribution in [1.82, 2.24) is 0 Å². The van der Waals surface area contributed by atoms with Gasteiger partial charge in [-0.3, -0.25) is 0 Å². The van der Waals surface area contributed by atoms with E-state index in [0.29, 0.717) is 5.92 Å². The third-order valence-electron chi connectivity index (χ3n) is 1.86. The molecular formula is C10H21ClO. The van der Waals surface area contributed by atoms with E-state index in [0.717, 1.165) is 37.9 Å². The van der Waals surface area contributed by atoms with E-state index in [1.165, 1.54) is 0 Å². The van der Waals surface area contributed by atoms with E-state index >= 15 is 0 Å². The first-order valence-corrected chi connectivity index (χ1v) is 5.34. The van der Waals surface area contributed by atoms with E-state index in [9.17, 15) is 0 Å². The molecule has 0 spiro atoms. The highest BCUT2D eigenvalue weighted by Gasteiger charge is 1.99. The smallest absolute Gasteiger partial charge is 0.0468 e. The van der Waals surface area contributed by atoms with Gasteiger partial charge in [0.05, 0.1) is 0 Å². The molecule has 1 unspecified atom stereocenters. The first kappa shape index (κ1) is 12.2. The molecule has 0 saturated heterocycles. The second kappa shape index (κ2) is 7.88. The monoisotopic (exact) mass is 192 g/mol. The standard InChI is InChI=1S/C10H21ClO/c1-9(2)4-6-12-7-5-10(3)8-11/h9-10H,4-8H2,1-3H3. The fourth-order valence-electron chi connectivity index (χ4n) is 0.783. The van der Waals surface area contributed by atoms with Crippen LogP contribution < -0.4 is 0 Å². The zero-order valence-corrected chi connectivity index (χ0v) is 9.23. The molecule has 2 heteroatoms. The molecule has 0 rings (SSSR count). The SMILES string of the molecule is CC(C)CCOCCC(C)CCl. The molecule has 1 atom stereocenters. The van der Waals surface area contributed by atoms with E-state index in [4.69, 9.17) is 16.3 Å². The molecule has 1 nitrogen and oxygen atoms in total. The highest BCUT2D eigenvalue weighted by Crippen LogP contribution is 2.05. The summed E-state index contributed by atoms with van der Waals surface area (Å²) in [6.45, 7) is 8.33. The zero-order valence-electron chi connectivity index (χ0n) is 8.48. The summed E-state index contributed by atoms with van der Waals surface area (Å²) in [5, 5.41) is 0. The van der Waals surface area contributed by atoms with Crippen LogP contribution in [0.5, 0.6) is 0 Å². The maximum atomic E-state index is 5.66. The van der Waals surface area contributed by atoms with Crippen molar-refractivity contribution < 1.29 is 4.74 Å². The van der Waals surface area contributed by atoms with Gasteiger partial charge >= 0.3 is 0 Å². The van der Waals surface area contributed by atoms with E-state index in [1.54, 1.807) is 0 Å². The normalized spacial score (nSPS) is 13.8. The Kier molecular flexibility index (Phi) is 8.04. The van der Waals surface area contributed by atoms with E-state index in [1.807, 2.05) is 0 Å². The van der Waals surface area contributed by atoms with Gasteiger partial charge in [-0.15, -0.1) is 11.6 Å². The summed E-state index contributed by atoms with van der Waals surface area (Å²) in [6.07, 6.45) is 2.25. The Balaban J connectivity index is 3.00. The van der Waals surface area contributed by atoms with Crippen molar-refractivity contribution in [2.75, 3.05) is 19.1 Å². The van der Waals surface area contributed by atoms with Crippen LogP contribution in [0.3, 0.4) is 0 Å². The van der Waals surface area contributed by atoms with E-state index in [2.05, 4.69) is 20.8 Å². The van der Waals surface area contributed by atoms with Crippen molar-refractivity contribution >= 4 is 11.6 Å². The lowest BCUT2D eigenvalue weighted by atomic mass is 10.1. The molecule has 0 radical (unpaired) electrons. The Bertz CT molecular complexity index is 93.8. The third kappa shape index (κ3) is 8.35. The van der Waals surface area contributed by atoms with Gasteiger partial charge in [-0.25, -0.2) is 0 Å². The van der Waals surface area contributed by atoms with Gasteiger partial charge in [0.1, 0.15) is 0 Å². The van der Waals surface area contributed by atoms with Crippen molar-refractivity contribution in [2.24, 2.45) is 11.8 Å². The maximum Gasteiger partial charge on any atom is 0.0468 e. The van der Waals surface area contributed by atoms with Gasteiger partial charge in [0.2, 0.25) is 0 Å². The van der Waals surface area contributed by atoms with Crippen LogP contribution in [0, 0.1) is 11.8 Å². The molecule has 0 aromatic heterocycles. The summed E-state index contributed by atoms with van der Waals surface area (Å²) in [5.41, 5.74) is 0. The van der Waals surface area contributed by atoms with Crippen molar-refractivity contribution in [1.29, 1.82) is 0 Å². The minimum absolute atomic E-state index is 0.589. The highest BCUT2D eigenvalue weighted by atomic mass is 35.5. The summed E-state index contributed by atoms with van der Waals surface area (Å²) < 4.78 is 5.46. The lowest BCUT2D eigenvalue weighted by Gasteiger charge is -2.08. The summed E-state index contributed by atoms with van der Waals surface area (Å²) >= 11 is 5.66. The van der Waals surface area contributed by atoms with Gasteiger partial charge < -0.3 is 4.74 Å². The number of hydrogen-bond acceptors (Lipinski definition) is 1.